The second-order valence-electron chi connectivity index (χ2n) is 7.35. The minimum Gasteiger partial charge on any atom is -0.497 e. The number of methoxy groups -OCH3 is 1. The molecule has 4 rings (SSSR count). The summed E-state index contributed by atoms with van der Waals surface area (Å²) in [6.07, 6.45) is 3.38. The fourth-order valence-electron chi connectivity index (χ4n) is 3.22. The fraction of sp³-hybridized carbons (Fsp3) is 0.200. The molecule has 1 N–H and O–H groups in total. The Hall–Kier alpha value is -3.78. The fourth-order valence-corrected chi connectivity index (χ4v) is 3.78. The van der Waals surface area contributed by atoms with E-state index in [4.69, 9.17) is 9.47 Å². The Labute approximate surface area is 196 Å². The normalized spacial score (nSPS) is 10.6. The van der Waals surface area contributed by atoms with Gasteiger partial charge in [0, 0.05) is 42.8 Å². The van der Waals surface area contributed by atoms with Crippen LogP contribution in [0, 0.1) is 0 Å². The van der Waals surface area contributed by atoms with E-state index < -0.39 is 0 Å². The lowest BCUT2D eigenvalue weighted by Crippen LogP contribution is -2.27. The molecular formula is C25H24N4O3S. The van der Waals surface area contributed by atoms with Crippen LogP contribution in [0.2, 0.25) is 0 Å². The Kier molecular flexibility index (Phi) is 7.60. The van der Waals surface area contributed by atoms with Crippen LogP contribution in [-0.2, 0) is 24.1 Å². The molecule has 0 bridgehead atoms. The molecule has 168 valence electrons. The lowest BCUT2D eigenvalue weighted by Gasteiger charge is -2.06. The Morgan fingerprint density at radius 1 is 1.00 bits per heavy atom. The highest BCUT2D eigenvalue weighted by molar-refractivity contribution is 7.07. The molecule has 0 fully saturated rings. The van der Waals surface area contributed by atoms with Gasteiger partial charge in [-0.1, -0.05) is 30.3 Å². The van der Waals surface area contributed by atoms with E-state index in [0.717, 1.165) is 22.6 Å². The molecule has 0 saturated carbocycles. The Balaban J connectivity index is 1.25. The number of carbonyl (C=O) groups is 1. The first-order valence-electron chi connectivity index (χ1n) is 10.6. The number of rotatable bonds is 10. The monoisotopic (exact) mass is 460 g/mol. The quantitative estimate of drug-likeness (QED) is 0.381. The third-order valence-electron chi connectivity index (χ3n) is 4.87. The third kappa shape index (κ3) is 6.85. The molecule has 33 heavy (non-hydrogen) atoms. The zero-order valence-corrected chi connectivity index (χ0v) is 19.0. The van der Waals surface area contributed by atoms with Crippen LogP contribution in [0.15, 0.2) is 72.9 Å². The maximum atomic E-state index is 12.2. The van der Waals surface area contributed by atoms with Crippen molar-refractivity contribution in [3.63, 3.8) is 0 Å². The summed E-state index contributed by atoms with van der Waals surface area (Å²) in [6.45, 7) is 0.562. The zero-order valence-electron chi connectivity index (χ0n) is 18.2. The largest absolute Gasteiger partial charge is 0.497 e. The van der Waals surface area contributed by atoms with Gasteiger partial charge in [0.2, 0.25) is 5.91 Å². The van der Waals surface area contributed by atoms with Crippen molar-refractivity contribution in [2.45, 2.75) is 19.3 Å². The summed E-state index contributed by atoms with van der Waals surface area (Å²) in [7, 11) is 1.65. The molecule has 8 heteroatoms. The first-order valence-corrected chi connectivity index (χ1v) is 11.3. The number of hydrogen-bond donors (Lipinski definition) is 1. The summed E-state index contributed by atoms with van der Waals surface area (Å²) >= 11 is 1.21. The van der Waals surface area contributed by atoms with Crippen LogP contribution in [0.4, 0.5) is 0 Å². The highest BCUT2D eigenvalue weighted by Crippen LogP contribution is 2.25. The number of nitrogens with one attached hydrogen (secondary N) is 1. The lowest BCUT2D eigenvalue weighted by atomic mass is 10.1. The summed E-state index contributed by atoms with van der Waals surface area (Å²) in [6, 6.07) is 21.0. The van der Waals surface area contributed by atoms with Gasteiger partial charge in [-0.3, -0.25) is 9.78 Å². The Morgan fingerprint density at radius 3 is 2.67 bits per heavy atom. The molecule has 2 aromatic heterocycles. The van der Waals surface area contributed by atoms with E-state index >= 15 is 0 Å². The summed E-state index contributed by atoms with van der Waals surface area (Å²) in [5.41, 5.74) is 2.94. The molecule has 7 nitrogen and oxygen atoms in total. The maximum absolute atomic E-state index is 12.2. The first kappa shape index (κ1) is 22.4. The van der Waals surface area contributed by atoms with Crippen molar-refractivity contribution in [2.24, 2.45) is 0 Å². The van der Waals surface area contributed by atoms with Crippen molar-refractivity contribution in [1.29, 1.82) is 0 Å². The van der Waals surface area contributed by atoms with Crippen molar-refractivity contribution >= 4 is 17.4 Å². The third-order valence-corrected chi connectivity index (χ3v) is 5.50. The van der Waals surface area contributed by atoms with E-state index in [0.29, 0.717) is 42.6 Å². The van der Waals surface area contributed by atoms with Gasteiger partial charge in [0.05, 0.1) is 13.5 Å². The highest BCUT2D eigenvalue weighted by atomic mass is 32.1. The minimum absolute atomic E-state index is 0.0223. The average molecular weight is 461 g/mol. The number of hydrogen-bond acceptors (Lipinski definition) is 7. The van der Waals surface area contributed by atoms with Crippen molar-refractivity contribution in [3.05, 3.63) is 95.6 Å². The van der Waals surface area contributed by atoms with Gasteiger partial charge in [-0.25, -0.2) is 0 Å². The summed E-state index contributed by atoms with van der Waals surface area (Å²) in [5, 5.41) is 3.41. The maximum Gasteiger partial charge on any atom is 0.298 e. The molecule has 0 spiro atoms. The number of ether oxygens (including phenoxy) is 2. The van der Waals surface area contributed by atoms with Crippen LogP contribution in [0.25, 0.3) is 0 Å². The van der Waals surface area contributed by atoms with Gasteiger partial charge in [0.25, 0.3) is 5.19 Å². The van der Waals surface area contributed by atoms with E-state index in [-0.39, 0.29) is 5.91 Å². The number of pyridine rings is 1. The molecule has 0 aliphatic heterocycles. The van der Waals surface area contributed by atoms with E-state index in [9.17, 15) is 4.79 Å². The molecule has 0 radical (unpaired) electrons. The molecule has 0 saturated heterocycles. The Bertz CT molecular complexity index is 1180. The summed E-state index contributed by atoms with van der Waals surface area (Å²) in [5.74, 6) is 2.13. The van der Waals surface area contributed by atoms with Crippen LogP contribution in [-0.4, -0.2) is 33.9 Å². The average Bonchev–Trinajstić information content (AvgIpc) is 3.27. The van der Waals surface area contributed by atoms with Crippen LogP contribution in [0.1, 0.15) is 22.6 Å². The second-order valence-corrected chi connectivity index (χ2v) is 8.06. The van der Waals surface area contributed by atoms with E-state index in [2.05, 4.69) is 19.7 Å². The number of nitrogens with zero attached hydrogens (tertiary/aromatic N) is 3. The molecule has 0 aliphatic rings. The zero-order chi connectivity index (χ0) is 22.9. The van der Waals surface area contributed by atoms with Gasteiger partial charge < -0.3 is 14.8 Å². The molecular weight excluding hydrogens is 436 g/mol. The van der Waals surface area contributed by atoms with Crippen LogP contribution >= 0.6 is 11.5 Å². The van der Waals surface area contributed by atoms with Crippen molar-refractivity contribution in [1.82, 2.24) is 19.7 Å². The van der Waals surface area contributed by atoms with E-state index in [1.807, 2.05) is 66.7 Å². The van der Waals surface area contributed by atoms with E-state index in [1.165, 1.54) is 11.5 Å². The summed E-state index contributed by atoms with van der Waals surface area (Å²) in [4.78, 5) is 20.9. The lowest BCUT2D eigenvalue weighted by molar-refractivity contribution is -0.120. The molecule has 2 heterocycles. The van der Waals surface area contributed by atoms with Crippen LogP contribution in [0.5, 0.6) is 16.7 Å². The second kappa shape index (κ2) is 11.2. The van der Waals surface area contributed by atoms with Gasteiger partial charge in [-0.05, 0) is 47.5 Å². The van der Waals surface area contributed by atoms with Crippen molar-refractivity contribution < 1.29 is 14.3 Å². The number of carbonyl (C=O) groups excluding carboxylic acids is 1. The van der Waals surface area contributed by atoms with E-state index in [1.54, 1.807) is 13.3 Å². The van der Waals surface area contributed by atoms with Gasteiger partial charge in [0.15, 0.2) is 5.82 Å². The predicted molar refractivity (Wildman–Crippen MR) is 127 cm³/mol. The smallest absolute Gasteiger partial charge is 0.298 e. The standard InChI is InChI=1S/C25H24N4O3S/c1-31-22-7-4-5-19(15-22)16-23-28-25(33-29-23)32-21-10-8-18(9-11-21)17-24(30)27-14-12-20-6-2-3-13-26-20/h2-11,13,15H,12,14,16-17H2,1H3,(H,27,30). The minimum atomic E-state index is -0.0223. The molecule has 0 atom stereocenters. The molecule has 0 aliphatic carbocycles. The topological polar surface area (TPSA) is 86.2 Å². The van der Waals surface area contributed by atoms with Gasteiger partial charge in [0.1, 0.15) is 11.5 Å². The van der Waals surface area contributed by atoms with Gasteiger partial charge in [-0.15, -0.1) is 0 Å². The number of aromatic nitrogens is 3. The summed E-state index contributed by atoms with van der Waals surface area (Å²) < 4.78 is 15.5. The SMILES string of the molecule is COc1cccc(Cc2nsc(Oc3ccc(CC(=O)NCCc4ccccn4)cc3)n2)c1. The number of benzene rings is 2. The van der Waals surface area contributed by atoms with Crippen LogP contribution < -0.4 is 14.8 Å². The molecule has 0 unspecified atom stereocenters. The van der Waals surface area contributed by atoms with Crippen molar-refractivity contribution in [3.8, 4) is 16.7 Å². The molecule has 2 aromatic carbocycles. The highest BCUT2D eigenvalue weighted by Gasteiger charge is 2.09. The predicted octanol–water partition coefficient (Wildman–Crippen LogP) is 4.23. The van der Waals surface area contributed by atoms with Crippen molar-refractivity contribution in [2.75, 3.05) is 13.7 Å². The Morgan fingerprint density at radius 2 is 1.88 bits per heavy atom. The molecule has 1 amide bonds. The van der Waals surface area contributed by atoms with Gasteiger partial charge in [-0.2, -0.15) is 9.36 Å². The van der Waals surface area contributed by atoms with Crippen LogP contribution in [0.3, 0.4) is 0 Å². The number of amides is 1. The van der Waals surface area contributed by atoms with Gasteiger partial charge >= 0.3 is 0 Å². The first-order chi connectivity index (χ1) is 16.2. The molecule has 4 aromatic rings.